The molecule has 0 radical (unpaired) electrons. The Balaban J connectivity index is 0.000000886. The SMILES string of the molecule is CC(=O)O.Nc1ncnc2c1ncn2C1OC(COP(=O)(O)OCC(N)Cc2ccccc2)C(O)C1O. The second-order valence-corrected chi connectivity index (χ2v) is 9.61. The van der Waals surface area contributed by atoms with Crippen LogP contribution in [0.15, 0.2) is 43.0 Å². The van der Waals surface area contributed by atoms with Gasteiger partial charge in [0.15, 0.2) is 17.7 Å². The number of nitrogen functional groups attached to an aromatic ring is 1. The summed E-state index contributed by atoms with van der Waals surface area (Å²) in [7, 11) is -4.48. The average Bonchev–Trinajstić information content (AvgIpc) is 3.39. The maximum Gasteiger partial charge on any atom is 0.472 e. The van der Waals surface area contributed by atoms with E-state index in [1.807, 2.05) is 30.3 Å². The van der Waals surface area contributed by atoms with Gasteiger partial charge in [0.05, 0.1) is 19.5 Å². The van der Waals surface area contributed by atoms with Crippen LogP contribution in [0.1, 0.15) is 18.7 Å². The van der Waals surface area contributed by atoms with Crippen LogP contribution >= 0.6 is 7.82 Å². The second-order valence-electron chi connectivity index (χ2n) is 8.16. The first-order chi connectivity index (χ1) is 17.5. The Bertz CT molecular complexity index is 1230. The number of anilines is 1. The third kappa shape index (κ3) is 7.74. The summed E-state index contributed by atoms with van der Waals surface area (Å²) < 4.78 is 29.2. The van der Waals surface area contributed by atoms with Gasteiger partial charge >= 0.3 is 7.82 Å². The average molecular weight is 540 g/mol. The first kappa shape index (κ1) is 28.6. The summed E-state index contributed by atoms with van der Waals surface area (Å²) >= 11 is 0. The van der Waals surface area contributed by atoms with Crippen LogP contribution in [0, 0.1) is 0 Å². The van der Waals surface area contributed by atoms with E-state index in [1.54, 1.807) is 0 Å². The number of carbonyl (C=O) groups is 1. The number of hydrogen-bond acceptors (Lipinski definition) is 12. The molecule has 4 rings (SSSR count). The van der Waals surface area contributed by atoms with Gasteiger partial charge in [-0.1, -0.05) is 30.3 Å². The van der Waals surface area contributed by atoms with Crippen molar-refractivity contribution >= 4 is 30.8 Å². The van der Waals surface area contributed by atoms with Gasteiger partial charge in [0.1, 0.15) is 30.2 Å². The number of carboxylic acids is 1. The van der Waals surface area contributed by atoms with Gasteiger partial charge in [-0.3, -0.25) is 18.4 Å². The van der Waals surface area contributed by atoms with E-state index in [1.165, 1.54) is 17.2 Å². The lowest BCUT2D eigenvalue weighted by Gasteiger charge is -2.19. The van der Waals surface area contributed by atoms with E-state index >= 15 is 0 Å². The number of benzene rings is 1. The highest BCUT2D eigenvalue weighted by atomic mass is 31.2. The second kappa shape index (κ2) is 12.5. The smallest absolute Gasteiger partial charge is 0.472 e. The normalized spacial score (nSPS) is 23.7. The highest BCUT2D eigenvalue weighted by molar-refractivity contribution is 7.47. The number of ether oxygens (including phenoxy) is 1. The van der Waals surface area contributed by atoms with Crippen LogP contribution in [-0.4, -0.2) is 83.3 Å². The molecule has 1 aliphatic rings. The van der Waals surface area contributed by atoms with Gasteiger partial charge in [-0.15, -0.1) is 0 Å². The van der Waals surface area contributed by atoms with Crippen molar-refractivity contribution in [3.63, 3.8) is 0 Å². The van der Waals surface area contributed by atoms with E-state index in [0.29, 0.717) is 17.6 Å². The monoisotopic (exact) mass is 540 g/mol. The Labute approximate surface area is 211 Å². The molecule has 1 fully saturated rings. The number of phosphoric ester groups is 1. The Kier molecular flexibility index (Phi) is 9.64. The molecule has 0 aliphatic carbocycles. The molecule has 0 amide bonds. The molecule has 3 heterocycles. The highest BCUT2D eigenvalue weighted by Gasteiger charge is 2.45. The molecule has 6 atom stereocenters. The molecule has 6 unspecified atom stereocenters. The maximum absolute atomic E-state index is 12.2. The van der Waals surface area contributed by atoms with Gasteiger partial charge < -0.3 is 36.4 Å². The van der Waals surface area contributed by atoms with Crippen molar-refractivity contribution < 1.29 is 43.4 Å². The van der Waals surface area contributed by atoms with Crippen molar-refractivity contribution in [3.8, 4) is 0 Å². The summed E-state index contributed by atoms with van der Waals surface area (Å²) in [5, 5.41) is 28.2. The van der Waals surface area contributed by atoms with Crippen LogP contribution in [0.3, 0.4) is 0 Å². The summed E-state index contributed by atoms with van der Waals surface area (Å²) in [6.07, 6.45) is -1.97. The largest absolute Gasteiger partial charge is 0.481 e. The minimum Gasteiger partial charge on any atom is -0.481 e. The number of nitrogens with two attached hydrogens (primary N) is 2. The molecule has 3 aromatic rings. The number of aliphatic carboxylic acids is 1. The van der Waals surface area contributed by atoms with Crippen LogP contribution in [-0.2, 0) is 29.6 Å². The van der Waals surface area contributed by atoms with Crippen LogP contribution in [0.4, 0.5) is 5.82 Å². The fourth-order valence-electron chi connectivity index (χ4n) is 3.52. The van der Waals surface area contributed by atoms with Gasteiger partial charge in [-0.2, -0.15) is 0 Å². The number of carboxylic acid groups (broad SMARTS) is 1. The minimum atomic E-state index is -4.48. The van der Waals surface area contributed by atoms with Crippen molar-refractivity contribution in [2.24, 2.45) is 5.73 Å². The third-order valence-electron chi connectivity index (χ3n) is 5.19. The zero-order valence-electron chi connectivity index (χ0n) is 19.8. The van der Waals surface area contributed by atoms with Crippen molar-refractivity contribution in [1.29, 1.82) is 0 Å². The maximum atomic E-state index is 12.2. The third-order valence-corrected chi connectivity index (χ3v) is 6.14. The number of rotatable bonds is 9. The molecular formula is C21H29N6O9P. The molecule has 15 nitrogen and oxygen atoms in total. The molecule has 1 aliphatic heterocycles. The molecule has 1 aromatic carbocycles. The fourth-order valence-corrected chi connectivity index (χ4v) is 4.31. The van der Waals surface area contributed by atoms with Crippen molar-refractivity contribution in [3.05, 3.63) is 48.5 Å². The number of hydrogen-bond donors (Lipinski definition) is 6. The summed E-state index contributed by atoms with van der Waals surface area (Å²) in [6.45, 7) is 0.352. The van der Waals surface area contributed by atoms with E-state index in [-0.39, 0.29) is 12.4 Å². The summed E-state index contributed by atoms with van der Waals surface area (Å²) in [4.78, 5) is 31.0. The number of aliphatic hydroxyl groups is 2. The molecule has 0 saturated carbocycles. The number of imidazole rings is 1. The summed E-state index contributed by atoms with van der Waals surface area (Å²) in [5.74, 6) is -0.685. The van der Waals surface area contributed by atoms with E-state index in [4.69, 9.17) is 35.2 Å². The molecule has 0 bridgehead atoms. The number of fused-ring (bicyclic) bond motifs is 1. The quantitative estimate of drug-likeness (QED) is 0.193. The minimum absolute atomic E-state index is 0.149. The molecule has 8 N–H and O–H groups in total. The van der Waals surface area contributed by atoms with E-state index < -0.39 is 51.0 Å². The van der Waals surface area contributed by atoms with Crippen LogP contribution < -0.4 is 11.5 Å². The summed E-state index contributed by atoms with van der Waals surface area (Å²) in [6, 6.07) is 8.86. The first-order valence-corrected chi connectivity index (χ1v) is 12.5. The zero-order chi connectivity index (χ0) is 27.2. The van der Waals surface area contributed by atoms with Gasteiger partial charge in [-0.25, -0.2) is 19.5 Å². The Morgan fingerprint density at radius 3 is 2.54 bits per heavy atom. The lowest BCUT2D eigenvalue weighted by atomic mass is 10.1. The molecule has 16 heteroatoms. The number of aliphatic hydroxyl groups excluding tert-OH is 2. The Morgan fingerprint density at radius 1 is 1.19 bits per heavy atom. The number of nitrogens with zero attached hydrogens (tertiary/aromatic N) is 4. The Morgan fingerprint density at radius 2 is 1.86 bits per heavy atom. The van der Waals surface area contributed by atoms with E-state index in [2.05, 4.69) is 15.0 Å². The molecule has 2 aromatic heterocycles. The predicted octanol–water partition coefficient (Wildman–Crippen LogP) is -0.178. The highest BCUT2D eigenvalue weighted by Crippen LogP contribution is 2.44. The lowest BCUT2D eigenvalue weighted by Crippen LogP contribution is -2.34. The van der Waals surface area contributed by atoms with Crippen molar-refractivity contribution in [2.75, 3.05) is 18.9 Å². The Hall–Kier alpha value is -3.01. The van der Waals surface area contributed by atoms with E-state index in [0.717, 1.165) is 12.5 Å². The molecule has 1 saturated heterocycles. The van der Waals surface area contributed by atoms with Gasteiger partial charge in [0.25, 0.3) is 5.97 Å². The molecular weight excluding hydrogens is 511 g/mol. The van der Waals surface area contributed by atoms with Crippen LogP contribution in [0.2, 0.25) is 0 Å². The van der Waals surface area contributed by atoms with Crippen LogP contribution in [0.5, 0.6) is 0 Å². The standard InChI is InChI=1S/C19H25N6O7P.C2H4O2/c20-12(6-11-4-2-1-3-5-11)7-30-33(28,29)31-8-13-15(26)16(27)19(32-13)25-10-24-14-17(21)22-9-23-18(14)25;1-2(3)4/h1-5,9-10,12-13,15-16,19,26-27H,6-8,20H2,(H,28,29)(H2,21,22,23);1H3,(H,3,4). The van der Waals surface area contributed by atoms with Crippen molar-refractivity contribution in [1.82, 2.24) is 19.5 Å². The topological polar surface area (TPSA) is 238 Å². The lowest BCUT2D eigenvalue weighted by molar-refractivity contribution is -0.134. The molecule has 202 valence electrons. The van der Waals surface area contributed by atoms with Gasteiger partial charge in [0, 0.05) is 13.0 Å². The molecule has 0 spiro atoms. The van der Waals surface area contributed by atoms with Crippen molar-refractivity contribution in [2.45, 2.75) is 43.9 Å². The van der Waals surface area contributed by atoms with E-state index in [9.17, 15) is 19.7 Å². The predicted molar refractivity (Wildman–Crippen MR) is 129 cm³/mol. The number of aromatic nitrogens is 4. The first-order valence-electron chi connectivity index (χ1n) is 11.0. The fraction of sp³-hybridized carbons (Fsp3) is 0.429. The summed E-state index contributed by atoms with van der Waals surface area (Å²) in [5.41, 5.74) is 13.3. The number of phosphoric acid groups is 1. The zero-order valence-corrected chi connectivity index (χ0v) is 20.7. The molecule has 37 heavy (non-hydrogen) atoms. The van der Waals surface area contributed by atoms with Gasteiger partial charge in [-0.05, 0) is 12.0 Å². The van der Waals surface area contributed by atoms with Gasteiger partial charge in [0.2, 0.25) is 0 Å². The van der Waals surface area contributed by atoms with Crippen LogP contribution in [0.25, 0.3) is 11.2 Å².